The Morgan fingerprint density at radius 2 is 1.78 bits per heavy atom. The first-order valence-corrected chi connectivity index (χ1v) is 8.59. The van der Waals surface area contributed by atoms with Gasteiger partial charge in [0.15, 0.2) is 11.5 Å². The van der Waals surface area contributed by atoms with E-state index in [9.17, 15) is 4.79 Å². The molecule has 0 unspecified atom stereocenters. The fraction of sp³-hybridized carbons (Fsp3) is 0.143. The van der Waals surface area contributed by atoms with Gasteiger partial charge < -0.3 is 20.1 Å². The molecule has 2 amide bonds. The molecule has 0 saturated carbocycles. The number of hydrogen-bond donors (Lipinski definition) is 2. The lowest BCUT2D eigenvalue weighted by Gasteiger charge is -2.11. The van der Waals surface area contributed by atoms with E-state index in [2.05, 4.69) is 15.6 Å². The van der Waals surface area contributed by atoms with E-state index in [4.69, 9.17) is 9.47 Å². The van der Waals surface area contributed by atoms with Gasteiger partial charge in [-0.15, -0.1) is 0 Å². The minimum absolute atomic E-state index is 0.253. The van der Waals surface area contributed by atoms with Crippen molar-refractivity contribution in [2.75, 3.05) is 19.0 Å². The molecule has 3 aromatic rings. The Morgan fingerprint density at radius 1 is 1.00 bits per heavy atom. The van der Waals surface area contributed by atoms with Gasteiger partial charge in [0.1, 0.15) is 5.75 Å². The third kappa shape index (κ3) is 5.47. The maximum atomic E-state index is 12.0. The fourth-order valence-corrected chi connectivity index (χ4v) is 2.48. The fourth-order valence-electron chi connectivity index (χ4n) is 2.48. The normalized spacial score (nSPS) is 10.1. The van der Waals surface area contributed by atoms with Crippen LogP contribution in [0.3, 0.4) is 0 Å². The van der Waals surface area contributed by atoms with E-state index in [0.29, 0.717) is 29.5 Å². The number of urea groups is 1. The molecule has 0 aliphatic carbocycles. The molecular formula is C21H21N3O3. The van der Waals surface area contributed by atoms with E-state index in [-0.39, 0.29) is 6.03 Å². The Balaban J connectivity index is 1.49. The smallest absolute Gasteiger partial charge is 0.319 e. The van der Waals surface area contributed by atoms with Crippen LogP contribution in [0.2, 0.25) is 0 Å². The van der Waals surface area contributed by atoms with Gasteiger partial charge in [0, 0.05) is 24.6 Å². The number of anilines is 1. The lowest BCUT2D eigenvalue weighted by Crippen LogP contribution is -2.30. The SMILES string of the molecule is COc1ccccc1Oc1ccc(NC(=O)NCCc2cccnc2)cc1. The number of aromatic nitrogens is 1. The Kier molecular flexibility index (Phi) is 6.25. The minimum atomic E-state index is -0.253. The maximum absolute atomic E-state index is 12.0. The molecule has 0 saturated heterocycles. The molecule has 0 radical (unpaired) electrons. The molecule has 0 aliphatic heterocycles. The van der Waals surface area contributed by atoms with Crippen molar-refractivity contribution in [1.82, 2.24) is 10.3 Å². The van der Waals surface area contributed by atoms with Crippen LogP contribution in [-0.4, -0.2) is 24.7 Å². The monoisotopic (exact) mass is 363 g/mol. The second-order valence-electron chi connectivity index (χ2n) is 5.77. The molecule has 0 atom stereocenters. The van der Waals surface area contributed by atoms with Crippen LogP contribution >= 0.6 is 0 Å². The van der Waals surface area contributed by atoms with Gasteiger partial charge in [-0.2, -0.15) is 0 Å². The Hall–Kier alpha value is -3.54. The molecule has 0 spiro atoms. The first kappa shape index (κ1) is 18.3. The number of hydrogen-bond acceptors (Lipinski definition) is 4. The molecule has 1 heterocycles. The van der Waals surface area contributed by atoms with Crippen LogP contribution in [0.5, 0.6) is 17.2 Å². The third-order valence-electron chi connectivity index (χ3n) is 3.83. The van der Waals surface area contributed by atoms with Crippen LogP contribution in [0.1, 0.15) is 5.56 Å². The zero-order chi connectivity index (χ0) is 18.9. The Bertz CT molecular complexity index is 867. The molecule has 3 rings (SSSR count). The lowest BCUT2D eigenvalue weighted by atomic mass is 10.2. The minimum Gasteiger partial charge on any atom is -0.493 e. The molecule has 2 aromatic carbocycles. The topological polar surface area (TPSA) is 72.5 Å². The highest BCUT2D eigenvalue weighted by Crippen LogP contribution is 2.31. The molecule has 0 fully saturated rings. The number of nitrogens with zero attached hydrogens (tertiary/aromatic N) is 1. The summed E-state index contributed by atoms with van der Waals surface area (Å²) in [6, 6.07) is 18.2. The number of nitrogens with one attached hydrogen (secondary N) is 2. The van der Waals surface area contributed by atoms with Crippen molar-refractivity contribution < 1.29 is 14.3 Å². The number of rotatable bonds is 7. The van der Waals surface area contributed by atoms with E-state index in [1.165, 1.54) is 0 Å². The van der Waals surface area contributed by atoms with Gasteiger partial charge in [0.05, 0.1) is 7.11 Å². The molecule has 6 nitrogen and oxygen atoms in total. The van der Waals surface area contributed by atoms with Crippen LogP contribution in [0.25, 0.3) is 0 Å². The number of carbonyl (C=O) groups excluding carboxylic acids is 1. The quantitative estimate of drug-likeness (QED) is 0.658. The van der Waals surface area contributed by atoms with Crippen molar-refractivity contribution in [1.29, 1.82) is 0 Å². The highest BCUT2D eigenvalue weighted by Gasteiger charge is 2.05. The number of pyridine rings is 1. The number of para-hydroxylation sites is 2. The van der Waals surface area contributed by atoms with Gasteiger partial charge in [0.25, 0.3) is 0 Å². The molecule has 0 bridgehead atoms. The van der Waals surface area contributed by atoms with Crippen molar-refractivity contribution in [3.8, 4) is 17.2 Å². The molecule has 1 aromatic heterocycles. The van der Waals surface area contributed by atoms with E-state index >= 15 is 0 Å². The summed E-state index contributed by atoms with van der Waals surface area (Å²) in [7, 11) is 1.60. The first-order valence-electron chi connectivity index (χ1n) is 8.59. The number of ether oxygens (including phenoxy) is 2. The highest BCUT2D eigenvalue weighted by molar-refractivity contribution is 5.89. The lowest BCUT2D eigenvalue weighted by molar-refractivity contribution is 0.252. The van der Waals surface area contributed by atoms with Crippen molar-refractivity contribution in [3.63, 3.8) is 0 Å². The highest BCUT2D eigenvalue weighted by atomic mass is 16.5. The molecular weight excluding hydrogens is 342 g/mol. The van der Waals surface area contributed by atoms with Crippen LogP contribution in [0, 0.1) is 0 Å². The third-order valence-corrected chi connectivity index (χ3v) is 3.83. The summed E-state index contributed by atoms with van der Waals surface area (Å²) in [6.45, 7) is 0.534. The molecule has 27 heavy (non-hydrogen) atoms. The van der Waals surface area contributed by atoms with Gasteiger partial charge in [-0.05, 0) is 54.4 Å². The van der Waals surface area contributed by atoms with Gasteiger partial charge in [-0.1, -0.05) is 18.2 Å². The average molecular weight is 363 g/mol. The first-order chi connectivity index (χ1) is 13.2. The summed E-state index contributed by atoms with van der Waals surface area (Å²) >= 11 is 0. The van der Waals surface area contributed by atoms with E-state index in [0.717, 1.165) is 12.0 Å². The largest absolute Gasteiger partial charge is 0.493 e. The molecule has 0 aliphatic rings. The second-order valence-corrected chi connectivity index (χ2v) is 5.77. The Morgan fingerprint density at radius 3 is 2.48 bits per heavy atom. The van der Waals surface area contributed by atoms with E-state index in [1.54, 1.807) is 43.8 Å². The second kappa shape index (κ2) is 9.24. The predicted molar refractivity (Wildman–Crippen MR) is 104 cm³/mol. The van der Waals surface area contributed by atoms with Crippen LogP contribution in [-0.2, 0) is 6.42 Å². The molecule has 2 N–H and O–H groups in total. The number of amides is 2. The van der Waals surface area contributed by atoms with E-state index < -0.39 is 0 Å². The van der Waals surface area contributed by atoms with Crippen LogP contribution < -0.4 is 20.1 Å². The predicted octanol–water partition coefficient (Wildman–Crippen LogP) is 4.25. The zero-order valence-electron chi connectivity index (χ0n) is 15.0. The van der Waals surface area contributed by atoms with E-state index in [1.807, 2.05) is 36.4 Å². The van der Waals surface area contributed by atoms with Gasteiger partial charge in [0.2, 0.25) is 0 Å². The summed E-state index contributed by atoms with van der Waals surface area (Å²) < 4.78 is 11.1. The number of carbonyl (C=O) groups is 1. The van der Waals surface area contributed by atoms with Crippen LogP contribution in [0.4, 0.5) is 10.5 Å². The maximum Gasteiger partial charge on any atom is 0.319 e. The van der Waals surface area contributed by atoms with Gasteiger partial charge in [-0.25, -0.2) is 4.79 Å². The zero-order valence-corrected chi connectivity index (χ0v) is 15.0. The molecule has 138 valence electrons. The summed E-state index contributed by atoms with van der Waals surface area (Å²) in [5, 5.41) is 5.62. The van der Waals surface area contributed by atoms with Gasteiger partial charge in [-0.3, -0.25) is 4.98 Å². The summed E-state index contributed by atoms with van der Waals surface area (Å²) in [6.07, 6.45) is 4.25. The number of benzene rings is 2. The molecule has 6 heteroatoms. The Labute approximate surface area is 158 Å². The van der Waals surface area contributed by atoms with Crippen molar-refractivity contribution in [2.45, 2.75) is 6.42 Å². The van der Waals surface area contributed by atoms with Gasteiger partial charge >= 0.3 is 6.03 Å². The van der Waals surface area contributed by atoms with Crippen LogP contribution in [0.15, 0.2) is 73.1 Å². The van der Waals surface area contributed by atoms with Crippen molar-refractivity contribution in [3.05, 3.63) is 78.6 Å². The summed E-state index contributed by atoms with van der Waals surface area (Å²) in [5.74, 6) is 1.95. The standard InChI is InChI=1S/C21H21N3O3/c1-26-19-6-2-3-7-20(19)27-18-10-8-17(9-11-18)24-21(25)23-14-12-16-5-4-13-22-15-16/h2-11,13,15H,12,14H2,1H3,(H2,23,24,25). The summed E-state index contributed by atoms with van der Waals surface area (Å²) in [5.41, 5.74) is 1.76. The summed E-state index contributed by atoms with van der Waals surface area (Å²) in [4.78, 5) is 16.0. The van der Waals surface area contributed by atoms with Crippen molar-refractivity contribution in [2.24, 2.45) is 0 Å². The van der Waals surface area contributed by atoms with Crippen molar-refractivity contribution >= 4 is 11.7 Å². The average Bonchev–Trinajstić information content (AvgIpc) is 2.71. The number of methoxy groups -OCH3 is 1.